The van der Waals surface area contributed by atoms with Crippen molar-refractivity contribution in [2.75, 3.05) is 13.1 Å². The van der Waals surface area contributed by atoms with Crippen LogP contribution in [-0.4, -0.2) is 39.4 Å². The maximum absolute atomic E-state index is 12.6. The number of carbonyl (C=O) groups excluding carboxylic acids is 2. The van der Waals surface area contributed by atoms with Crippen LogP contribution in [0.5, 0.6) is 0 Å². The Kier molecular flexibility index (Phi) is 4.64. The summed E-state index contributed by atoms with van der Waals surface area (Å²) < 4.78 is 1.91. The quantitative estimate of drug-likeness (QED) is 0.855. The Hall–Kier alpha value is -2.63. The molecule has 1 aliphatic rings. The molecular weight excluding hydrogens is 304 g/mol. The van der Waals surface area contributed by atoms with E-state index in [-0.39, 0.29) is 24.4 Å². The van der Waals surface area contributed by atoms with Crippen LogP contribution in [0.1, 0.15) is 31.6 Å². The SMILES string of the molecule is C=CC(=O)NC(C)c1nc2ccccc2n1CC(=O)N1CCCC1. The molecule has 2 aromatic rings. The zero-order valence-corrected chi connectivity index (χ0v) is 13.9. The van der Waals surface area contributed by atoms with Gasteiger partial charge in [0.05, 0.1) is 17.1 Å². The highest BCUT2D eigenvalue weighted by atomic mass is 16.2. The van der Waals surface area contributed by atoms with Crippen LogP contribution < -0.4 is 5.32 Å². The molecule has 1 unspecified atom stereocenters. The number of amides is 2. The highest BCUT2D eigenvalue weighted by Crippen LogP contribution is 2.21. The zero-order chi connectivity index (χ0) is 17.1. The Balaban J connectivity index is 1.93. The van der Waals surface area contributed by atoms with Crippen LogP contribution in [0.2, 0.25) is 0 Å². The monoisotopic (exact) mass is 326 g/mol. The molecule has 1 aliphatic heterocycles. The van der Waals surface area contributed by atoms with Gasteiger partial charge in [0.1, 0.15) is 12.4 Å². The minimum atomic E-state index is -0.311. The summed E-state index contributed by atoms with van der Waals surface area (Å²) in [4.78, 5) is 30.7. The summed E-state index contributed by atoms with van der Waals surface area (Å²) in [6.45, 7) is 7.22. The first-order valence-electron chi connectivity index (χ1n) is 8.26. The van der Waals surface area contributed by atoms with Crippen molar-refractivity contribution < 1.29 is 9.59 Å². The molecule has 6 nitrogen and oxygen atoms in total. The zero-order valence-electron chi connectivity index (χ0n) is 13.9. The Morgan fingerprint density at radius 1 is 1.33 bits per heavy atom. The van der Waals surface area contributed by atoms with Crippen LogP contribution in [0, 0.1) is 0 Å². The molecule has 0 bridgehead atoms. The van der Waals surface area contributed by atoms with Gasteiger partial charge in [-0.2, -0.15) is 0 Å². The second-order valence-corrected chi connectivity index (χ2v) is 6.07. The third kappa shape index (κ3) is 3.18. The number of rotatable bonds is 5. The second-order valence-electron chi connectivity index (χ2n) is 6.07. The van der Waals surface area contributed by atoms with E-state index in [4.69, 9.17) is 0 Å². The molecule has 3 rings (SSSR count). The first-order valence-corrected chi connectivity index (χ1v) is 8.26. The molecule has 6 heteroatoms. The molecule has 1 fully saturated rings. The van der Waals surface area contributed by atoms with Gasteiger partial charge in [0.25, 0.3) is 0 Å². The van der Waals surface area contributed by atoms with E-state index in [9.17, 15) is 9.59 Å². The molecule has 2 amide bonds. The summed E-state index contributed by atoms with van der Waals surface area (Å²) in [5.74, 6) is 0.519. The summed E-state index contributed by atoms with van der Waals surface area (Å²) in [5.41, 5.74) is 1.72. The van der Waals surface area contributed by atoms with Gasteiger partial charge in [0.15, 0.2) is 0 Å². The van der Waals surface area contributed by atoms with Crippen molar-refractivity contribution in [3.05, 3.63) is 42.7 Å². The van der Waals surface area contributed by atoms with Crippen molar-refractivity contribution in [1.29, 1.82) is 0 Å². The van der Waals surface area contributed by atoms with Gasteiger partial charge >= 0.3 is 0 Å². The minimum Gasteiger partial charge on any atom is -0.343 e. The molecule has 2 heterocycles. The molecule has 1 aromatic carbocycles. The van der Waals surface area contributed by atoms with Gasteiger partial charge in [-0.15, -0.1) is 0 Å². The van der Waals surface area contributed by atoms with E-state index in [1.807, 2.05) is 40.7 Å². The fraction of sp³-hybridized carbons (Fsp3) is 0.389. The summed E-state index contributed by atoms with van der Waals surface area (Å²) in [6.07, 6.45) is 3.36. The van der Waals surface area contributed by atoms with E-state index in [2.05, 4.69) is 16.9 Å². The smallest absolute Gasteiger partial charge is 0.243 e. The van der Waals surface area contributed by atoms with E-state index in [1.165, 1.54) is 6.08 Å². The summed E-state index contributed by atoms with van der Waals surface area (Å²) in [6, 6.07) is 7.40. The number of hydrogen-bond acceptors (Lipinski definition) is 3. The maximum atomic E-state index is 12.6. The van der Waals surface area contributed by atoms with E-state index >= 15 is 0 Å². The van der Waals surface area contributed by atoms with E-state index < -0.39 is 0 Å². The fourth-order valence-corrected chi connectivity index (χ4v) is 3.13. The first-order chi connectivity index (χ1) is 11.6. The number of hydrogen-bond donors (Lipinski definition) is 1. The Bertz CT molecular complexity index is 774. The number of nitrogens with one attached hydrogen (secondary N) is 1. The molecule has 0 radical (unpaired) electrons. The van der Waals surface area contributed by atoms with E-state index in [1.54, 1.807) is 0 Å². The highest BCUT2D eigenvalue weighted by molar-refractivity contribution is 5.87. The Morgan fingerprint density at radius 3 is 2.75 bits per heavy atom. The van der Waals surface area contributed by atoms with Gasteiger partial charge in [-0.1, -0.05) is 18.7 Å². The summed E-state index contributed by atoms with van der Waals surface area (Å²) >= 11 is 0. The normalized spacial score (nSPS) is 15.5. The third-order valence-corrected chi connectivity index (χ3v) is 4.37. The molecule has 1 saturated heterocycles. The predicted octanol–water partition coefficient (Wildman–Crippen LogP) is 2.02. The first kappa shape index (κ1) is 16.2. The van der Waals surface area contributed by atoms with Crippen molar-refractivity contribution in [2.45, 2.75) is 32.4 Å². The lowest BCUT2D eigenvalue weighted by Crippen LogP contribution is -2.33. The van der Waals surface area contributed by atoms with E-state index in [0.717, 1.165) is 37.0 Å². The third-order valence-electron chi connectivity index (χ3n) is 4.37. The topological polar surface area (TPSA) is 67.2 Å². The van der Waals surface area contributed by atoms with Crippen molar-refractivity contribution in [2.24, 2.45) is 0 Å². The Labute approximate surface area is 141 Å². The number of fused-ring (bicyclic) bond motifs is 1. The van der Waals surface area contributed by atoms with Crippen LogP contribution in [0.25, 0.3) is 11.0 Å². The highest BCUT2D eigenvalue weighted by Gasteiger charge is 2.23. The summed E-state index contributed by atoms with van der Waals surface area (Å²) in [7, 11) is 0. The number of aromatic nitrogens is 2. The molecule has 126 valence electrons. The molecule has 0 aliphatic carbocycles. The number of para-hydroxylation sites is 2. The van der Waals surface area contributed by atoms with Crippen molar-refractivity contribution in [3.63, 3.8) is 0 Å². The lowest BCUT2D eigenvalue weighted by atomic mass is 10.3. The molecular formula is C18H22N4O2. The molecule has 0 spiro atoms. The average molecular weight is 326 g/mol. The summed E-state index contributed by atoms with van der Waals surface area (Å²) in [5, 5.41) is 2.82. The van der Waals surface area contributed by atoms with Crippen LogP contribution in [0.4, 0.5) is 0 Å². The van der Waals surface area contributed by atoms with Gasteiger partial charge in [-0.3, -0.25) is 9.59 Å². The number of benzene rings is 1. The standard InChI is InChI=1S/C18H22N4O2/c1-3-16(23)19-13(2)18-20-14-8-4-5-9-15(14)22(18)12-17(24)21-10-6-7-11-21/h3-5,8-9,13H,1,6-7,10-12H2,2H3,(H,19,23). The Morgan fingerprint density at radius 2 is 2.04 bits per heavy atom. The number of nitrogens with zero attached hydrogens (tertiary/aromatic N) is 3. The van der Waals surface area contributed by atoms with Gasteiger partial charge in [-0.25, -0.2) is 4.98 Å². The van der Waals surface area contributed by atoms with Crippen molar-refractivity contribution in [1.82, 2.24) is 19.8 Å². The largest absolute Gasteiger partial charge is 0.343 e. The second kappa shape index (κ2) is 6.86. The number of imidazole rings is 1. The van der Waals surface area contributed by atoms with Gasteiger partial charge in [0, 0.05) is 13.1 Å². The van der Waals surface area contributed by atoms with Crippen molar-refractivity contribution in [3.8, 4) is 0 Å². The molecule has 0 saturated carbocycles. The van der Waals surface area contributed by atoms with Gasteiger partial charge in [-0.05, 0) is 38.0 Å². The molecule has 1 N–H and O–H groups in total. The molecule has 1 aromatic heterocycles. The van der Waals surface area contributed by atoms with Crippen molar-refractivity contribution >= 4 is 22.8 Å². The van der Waals surface area contributed by atoms with Gasteiger partial charge < -0.3 is 14.8 Å². The molecule has 1 atom stereocenters. The number of carbonyl (C=O) groups is 2. The number of likely N-dealkylation sites (tertiary alicyclic amines) is 1. The molecule has 24 heavy (non-hydrogen) atoms. The minimum absolute atomic E-state index is 0.0964. The van der Waals surface area contributed by atoms with Crippen LogP contribution in [-0.2, 0) is 16.1 Å². The average Bonchev–Trinajstić information content (AvgIpc) is 3.23. The fourth-order valence-electron chi connectivity index (χ4n) is 3.13. The predicted molar refractivity (Wildman–Crippen MR) is 92.3 cm³/mol. The lowest BCUT2D eigenvalue weighted by Gasteiger charge is -2.19. The van der Waals surface area contributed by atoms with E-state index in [0.29, 0.717) is 5.82 Å². The maximum Gasteiger partial charge on any atom is 0.243 e. The van der Waals surface area contributed by atoms with Crippen LogP contribution >= 0.6 is 0 Å². The van der Waals surface area contributed by atoms with Crippen LogP contribution in [0.15, 0.2) is 36.9 Å². The van der Waals surface area contributed by atoms with Crippen LogP contribution in [0.3, 0.4) is 0 Å². The van der Waals surface area contributed by atoms with Gasteiger partial charge in [0.2, 0.25) is 11.8 Å². The lowest BCUT2D eigenvalue weighted by molar-refractivity contribution is -0.130.